The summed E-state index contributed by atoms with van der Waals surface area (Å²) in [5.74, 6) is 0.439. The van der Waals surface area contributed by atoms with Crippen molar-refractivity contribution in [1.82, 2.24) is 5.32 Å². The fraction of sp³-hybridized carbons (Fsp3) is 0.688. The van der Waals surface area contributed by atoms with Crippen molar-refractivity contribution in [3.05, 3.63) is 21.4 Å². The molecule has 3 N–H and O–H groups in total. The zero-order valence-electron chi connectivity index (χ0n) is 13.4. The van der Waals surface area contributed by atoms with Crippen molar-refractivity contribution in [2.75, 3.05) is 6.54 Å². The minimum Gasteiger partial charge on any atom is -0.349 e. The average molecular weight is 296 g/mol. The van der Waals surface area contributed by atoms with Gasteiger partial charge in [0.05, 0.1) is 5.54 Å². The molecule has 1 rings (SSSR count). The van der Waals surface area contributed by atoms with E-state index < -0.39 is 0 Å². The molecule has 1 aromatic rings. The number of aryl methyl sites for hydroxylation is 3. The van der Waals surface area contributed by atoms with Gasteiger partial charge in [0.25, 0.3) is 0 Å². The molecular weight excluding hydrogens is 268 g/mol. The minimum absolute atomic E-state index is 0.108. The van der Waals surface area contributed by atoms with Crippen LogP contribution >= 0.6 is 11.3 Å². The molecule has 20 heavy (non-hydrogen) atoms. The number of nitrogens with one attached hydrogen (secondary N) is 1. The highest BCUT2D eigenvalue weighted by Gasteiger charge is 2.28. The molecule has 1 unspecified atom stereocenters. The zero-order valence-corrected chi connectivity index (χ0v) is 14.2. The van der Waals surface area contributed by atoms with Gasteiger partial charge in [0.1, 0.15) is 0 Å². The van der Waals surface area contributed by atoms with Gasteiger partial charge in [-0.05, 0) is 51.2 Å². The van der Waals surface area contributed by atoms with Crippen LogP contribution in [0.2, 0.25) is 0 Å². The summed E-state index contributed by atoms with van der Waals surface area (Å²) in [4.78, 5) is 14.8. The highest BCUT2D eigenvalue weighted by atomic mass is 32.1. The lowest BCUT2D eigenvalue weighted by atomic mass is 9.88. The monoisotopic (exact) mass is 296 g/mol. The second kappa shape index (κ2) is 7.23. The number of carbonyl (C=O) groups is 1. The predicted molar refractivity (Wildman–Crippen MR) is 87.2 cm³/mol. The van der Waals surface area contributed by atoms with E-state index in [4.69, 9.17) is 5.73 Å². The predicted octanol–water partition coefficient (Wildman–Crippen LogP) is 3.18. The van der Waals surface area contributed by atoms with E-state index in [0.717, 1.165) is 12.8 Å². The van der Waals surface area contributed by atoms with Crippen LogP contribution in [0.3, 0.4) is 0 Å². The Morgan fingerprint density at radius 2 is 2.10 bits per heavy atom. The molecule has 0 aliphatic carbocycles. The third-order valence-electron chi connectivity index (χ3n) is 4.12. The summed E-state index contributed by atoms with van der Waals surface area (Å²) in [7, 11) is 0. The third-order valence-corrected chi connectivity index (χ3v) is 5.13. The first-order valence-corrected chi connectivity index (χ1v) is 8.17. The van der Waals surface area contributed by atoms with Crippen LogP contribution in [0.15, 0.2) is 6.07 Å². The maximum atomic E-state index is 12.0. The maximum Gasteiger partial charge on any atom is 0.220 e. The van der Waals surface area contributed by atoms with E-state index in [0.29, 0.717) is 18.9 Å². The summed E-state index contributed by atoms with van der Waals surface area (Å²) in [5, 5.41) is 3.09. The van der Waals surface area contributed by atoms with Crippen molar-refractivity contribution in [1.29, 1.82) is 0 Å². The quantitative estimate of drug-likeness (QED) is 0.812. The van der Waals surface area contributed by atoms with E-state index in [-0.39, 0.29) is 11.4 Å². The topological polar surface area (TPSA) is 55.1 Å². The molecule has 1 heterocycles. The number of carbonyl (C=O) groups excluding carboxylic acids is 1. The van der Waals surface area contributed by atoms with E-state index in [2.05, 4.69) is 39.1 Å². The van der Waals surface area contributed by atoms with Crippen LogP contribution in [0.1, 0.15) is 48.9 Å². The van der Waals surface area contributed by atoms with Gasteiger partial charge in [-0.1, -0.05) is 13.8 Å². The first-order chi connectivity index (χ1) is 9.28. The van der Waals surface area contributed by atoms with Crippen LogP contribution in [0.5, 0.6) is 0 Å². The van der Waals surface area contributed by atoms with E-state index in [1.165, 1.54) is 15.3 Å². The van der Waals surface area contributed by atoms with Gasteiger partial charge in [0, 0.05) is 22.7 Å². The summed E-state index contributed by atoms with van der Waals surface area (Å²) in [6, 6.07) is 2.23. The third kappa shape index (κ3) is 4.60. The van der Waals surface area contributed by atoms with Crippen molar-refractivity contribution >= 4 is 17.2 Å². The summed E-state index contributed by atoms with van der Waals surface area (Å²) in [6.07, 6.45) is 2.43. The largest absolute Gasteiger partial charge is 0.349 e. The average Bonchev–Trinajstić information content (AvgIpc) is 2.67. The molecule has 0 fully saturated rings. The van der Waals surface area contributed by atoms with Gasteiger partial charge in [-0.2, -0.15) is 0 Å². The molecule has 0 aliphatic rings. The van der Waals surface area contributed by atoms with E-state index in [1.807, 2.05) is 18.3 Å². The van der Waals surface area contributed by atoms with Gasteiger partial charge in [0.15, 0.2) is 0 Å². The smallest absolute Gasteiger partial charge is 0.220 e. The Balaban J connectivity index is 2.42. The van der Waals surface area contributed by atoms with E-state index >= 15 is 0 Å². The van der Waals surface area contributed by atoms with Gasteiger partial charge < -0.3 is 11.1 Å². The molecule has 1 atom stereocenters. The number of thiophene rings is 1. The van der Waals surface area contributed by atoms with Gasteiger partial charge >= 0.3 is 0 Å². The van der Waals surface area contributed by atoms with Crippen LogP contribution < -0.4 is 11.1 Å². The van der Waals surface area contributed by atoms with Crippen molar-refractivity contribution < 1.29 is 4.79 Å². The molecule has 0 radical (unpaired) electrons. The van der Waals surface area contributed by atoms with Crippen LogP contribution in [0.4, 0.5) is 0 Å². The molecule has 0 bridgehead atoms. The lowest BCUT2D eigenvalue weighted by Gasteiger charge is -2.33. The zero-order chi connectivity index (χ0) is 15.3. The number of amides is 1. The lowest BCUT2D eigenvalue weighted by molar-refractivity contribution is -0.123. The Morgan fingerprint density at radius 1 is 1.45 bits per heavy atom. The highest BCUT2D eigenvalue weighted by molar-refractivity contribution is 7.12. The lowest BCUT2D eigenvalue weighted by Crippen LogP contribution is -2.54. The normalized spacial score (nSPS) is 14.3. The molecule has 114 valence electrons. The van der Waals surface area contributed by atoms with Gasteiger partial charge in [0.2, 0.25) is 5.91 Å². The van der Waals surface area contributed by atoms with Crippen LogP contribution in [-0.4, -0.2) is 18.0 Å². The van der Waals surface area contributed by atoms with Gasteiger partial charge in [-0.15, -0.1) is 11.3 Å². The SMILES string of the molecule is Cc1cc(CCCC(=O)NC(C)(CN)C(C)C)c(C)s1. The van der Waals surface area contributed by atoms with Crippen molar-refractivity contribution in [2.24, 2.45) is 11.7 Å². The fourth-order valence-corrected chi connectivity index (χ4v) is 3.16. The fourth-order valence-electron chi connectivity index (χ4n) is 2.18. The number of nitrogens with two attached hydrogens (primary N) is 1. The van der Waals surface area contributed by atoms with Crippen LogP contribution in [0.25, 0.3) is 0 Å². The molecule has 0 aromatic carbocycles. The first-order valence-electron chi connectivity index (χ1n) is 7.35. The number of rotatable bonds is 7. The maximum absolute atomic E-state index is 12.0. The van der Waals surface area contributed by atoms with E-state index in [1.54, 1.807) is 0 Å². The number of hydrogen-bond donors (Lipinski definition) is 2. The minimum atomic E-state index is -0.300. The van der Waals surface area contributed by atoms with Gasteiger partial charge in [-0.25, -0.2) is 0 Å². The Kier molecular flexibility index (Phi) is 6.21. The van der Waals surface area contributed by atoms with Crippen LogP contribution in [0, 0.1) is 19.8 Å². The summed E-state index contributed by atoms with van der Waals surface area (Å²) in [5.41, 5.74) is 6.87. The van der Waals surface area contributed by atoms with Gasteiger partial charge in [-0.3, -0.25) is 4.79 Å². The first kappa shape index (κ1) is 17.2. The number of hydrogen-bond acceptors (Lipinski definition) is 3. The Labute approximate surface area is 127 Å². The van der Waals surface area contributed by atoms with Crippen molar-refractivity contribution in [2.45, 2.75) is 59.4 Å². The van der Waals surface area contributed by atoms with Crippen molar-refractivity contribution in [3.63, 3.8) is 0 Å². The Morgan fingerprint density at radius 3 is 2.55 bits per heavy atom. The van der Waals surface area contributed by atoms with Crippen LogP contribution in [-0.2, 0) is 11.2 Å². The Hall–Kier alpha value is -0.870. The molecule has 1 amide bonds. The second-order valence-electron chi connectivity index (χ2n) is 6.12. The molecule has 3 nitrogen and oxygen atoms in total. The molecule has 0 aliphatic heterocycles. The Bertz CT molecular complexity index is 453. The summed E-state index contributed by atoms with van der Waals surface area (Å²) in [6.45, 7) is 10.9. The molecule has 0 saturated carbocycles. The summed E-state index contributed by atoms with van der Waals surface area (Å²) < 4.78 is 0. The molecule has 4 heteroatoms. The second-order valence-corrected chi connectivity index (χ2v) is 7.58. The molecule has 0 spiro atoms. The molecular formula is C16H28N2OS. The molecule has 0 saturated heterocycles. The summed E-state index contributed by atoms with van der Waals surface area (Å²) >= 11 is 1.83. The molecule has 1 aromatic heterocycles. The van der Waals surface area contributed by atoms with E-state index in [9.17, 15) is 4.79 Å². The van der Waals surface area contributed by atoms with Crippen molar-refractivity contribution in [3.8, 4) is 0 Å². The highest BCUT2D eigenvalue weighted by Crippen LogP contribution is 2.22. The standard InChI is InChI=1S/C16H28N2OS/c1-11(2)16(5,10-17)18-15(19)8-6-7-14-9-12(3)20-13(14)4/h9,11H,6-8,10,17H2,1-5H3,(H,18,19).